The molecule has 6 heteroatoms. The molecule has 1 aromatic carbocycles. The van der Waals surface area contributed by atoms with Gasteiger partial charge >= 0.3 is 0 Å². The van der Waals surface area contributed by atoms with Crippen LogP contribution in [-0.4, -0.2) is 25.1 Å². The number of carbonyl (C=O) groups is 1. The summed E-state index contributed by atoms with van der Waals surface area (Å²) in [7, 11) is 0. The fourth-order valence-electron chi connectivity index (χ4n) is 2.86. The lowest BCUT2D eigenvalue weighted by Gasteiger charge is -2.30. The molecule has 1 amide bonds. The van der Waals surface area contributed by atoms with E-state index >= 15 is 0 Å². The first kappa shape index (κ1) is 19.1. The van der Waals surface area contributed by atoms with E-state index in [-0.39, 0.29) is 31.0 Å². The van der Waals surface area contributed by atoms with Crippen LogP contribution in [0, 0.1) is 5.92 Å². The smallest absolute Gasteiger partial charge is 0.258 e. The number of benzene rings is 1. The Labute approximate surface area is 143 Å². The zero-order chi connectivity index (χ0) is 15.1. The van der Waals surface area contributed by atoms with Crippen LogP contribution < -0.4 is 15.8 Å². The van der Waals surface area contributed by atoms with Crippen LogP contribution in [0.25, 0.3) is 0 Å². The minimum absolute atomic E-state index is 0. The molecule has 0 aromatic heterocycles. The third-order valence-corrected chi connectivity index (χ3v) is 4.33. The molecule has 1 aliphatic rings. The van der Waals surface area contributed by atoms with Crippen LogP contribution in [0.15, 0.2) is 24.3 Å². The first-order valence-electron chi connectivity index (χ1n) is 7.57. The third-order valence-electron chi connectivity index (χ3n) is 4.01. The lowest BCUT2D eigenvalue weighted by molar-refractivity contribution is -0.124. The van der Waals surface area contributed by atoms with Crippen LogP contribution in [-0.2, 0) is 4.79 Å². The summed E-state index contributed by atoms with van der Waals surface area (Å²) in [5.41, 5.74) is 5.81. The number of carbonyl (C=O) groups excluding carboxylic acids is 1. The van der Waals surface area contributed by atoms with Gasteiger partial charge < -0.3 is 15.8 Å². The van der Waals surface area contributed by atoms with Crippen LogP contribution in [0.4, 0.5) is 0 Å². The van der Waals surface area contributed by atoms with Crippen LogP contribution in [0.5, 0.6) is 5.75 Å². The Kier molecular flexibility index (Phi) is 8.61. The summed E-state index contributed by atoms with van der Waals surface area (Å²) < 4.78 is 5.45. The molecule has 1 saturated carbocycles. The summed E-state index contributed by atoms with van der Waals surface area (Å²) in [6.07, 6.45) is 6.04. The molecule has 22 heavy (non-hydrogen) atoms. The SMILES string of the molecule is Cl.NCC(NC(=O)COc1ccccc1Cl)C1CCCCC1. The van der Waals surface area contributed by atoms with Gasteiger partial charge in [0.2, 0.25) is 0 Å². The van der Waals surface area contributed by atoms with Gasteiger partial charge in [0, 0.05) is 12.6 Å². The second kappa shape index (κ2) is 9.93. The standard InChI is InChI=1S/C16H23ClN2O2.ClH/c17-13-8-4-5-9-15(13)21-11-16(20)19-14(10-18)12-6-2-1-3-7-12;/h4-5,8-9,12,14H,1-3,6-7,10-11,18H2,(H,19,20);1H. The highest BCUT2D eigenvalue weighted by atomic mass is 35.5. The van der Waals surface area contributed by atoms with Gasteiger partial charge in [-0.05, 0) is 30.9 Å². The summed E-state index contributed by atoms with van der Waals surface area (Å²) in [4.78, 5) is 12.0. The Balaban J connectivity index is 0.00000242. The van der Waals surface area contributed by atoms with Crippen molar-refractivity contribution in [2.75, 3.05) is 13.2 Å². The van der Waals surface area contributed by atoms with E-state index in [9.17, 15) is 4.79 Å². The van der Waals surface area contributed by atoms with E-state index in [1.165, 1.54) is 19.3 Å². The van der Waals surface area contributed by atoms with E-state index in [1.807, 2.05) is 12.1 Å². The van der Waals surface area contributed by atoms with Crippen LogP contribution >= 0.6 is 24.0 Å². The maximum absolute atomic E-state index is 12.0. The first-order valence-corrected chi connectivity index (χ1v) is 7.95. The molecule has 0 heterocycles. The molecule has 0 bridgehead atoms. The summed E-state index contributed by atoms with van der Waals surface area (Å²) in [5, 5.41) is 3.50. The van der Waals surface area contributed by atoms with Crippen LogP contribution in [0.3, 0.4) is 0 Å². The molecular formula is C16H24Cl2N2O2. The predicted octanol–water partition coefficient (Wildman–Crippen LogP) is 3.16. The van der Waals surface area contributed by atoms with E-state index < -0.39 is 0 Å². The first-order chi connectivity index (χ1) is 10.2. The van der Waals surface area contributed by atoms with Crippen molar-refractivity contribution in [1.82, 2.24) is 5.32 Å². The van der Waals surface area contributed by atoms with Crippen molar-refractivity contribution < 1.29 is 9.53 Å². The lowest BCUT2D eigenvalue weighted by atomic mass is 9.84. The van der Waals surface area contributed by atoms with Crippen molar-refractivity contribution in [3.05, 3.63) is 29.3 Å². The van der Waals surface area contributed by atoms with Crippen molar-refractivity contribution in [1.29, 1.82) is 0 Å². The average Bonchev–Trinajstić information content (AvgIpc) is 2.52. The zero-order valence-corrected chi connectivity index (χ0v) is 14.2. The number of nitrogens with two attached hydrogens (primary N) is 1. The minimum Gasteiger partial charge on any atom is -0.482 e. The van der Waals surface area contributed by atoms with E-state index in [0.29, 0.717) is 23.2 Å². The van der Waals surface area contributed by atoms with Gasteiger partial charge in [-0.2, -0.15) is 0 Å². The molecule has 2 rings (SSSR count). The monoisotopic (exact) mass is 346 g/mol. The van der Waals surface area contributed by atoms with E-state index in [0.717, 1.165) is 12.8 Å². The summed E-state index contributed by atoms with van der Waals surface area (Å²) >= 11 is 5.99. The molecule has 0 radical (unpaired) electrons. The Hall–Kier alpha value is -0.970. The number of para-hydroxylation sites is 1. The molecule has 124 valence electrons. The number of nitrogens with one attached hydrogen (secondary N) is 1. The largest absolute Gasteiger partial charge is 0.482 e. The van der Waals surface area contributed by atoms with Crippen molar-refractivity contribution in [3.63, 3.8) is 0 Å². The molecule has 0 saturated heterocycles. The Morgan fingerprint density at radius 3 is 2.64 bits per heavy atom. The average molecular weight is 347 g/mol. The van der Waals surface area contributed by atoms with Gasteiger partial charge in [0.15, 0.2) is 6.61 Å². The fourth-order valence-corrected chi connectivity index (χ4v) is 3.05. The second-order valence-electron chi connectivity index (χ2n) is 5.53. The topological polar surface area (TPSA) is 64.3 Å². The van der Waals surface area contributed by atoms with Crippen molar-refractivity contribution in [2.24, 2.45) is 11.7 Å². The summed E-state index contributed by atoms with van der Waals surface area (Å²) in [6, 6.07) is 7.18. The molecule has 0 aliphatic heterocycles. The molecule has 0 spiro atoms. The predicted molar refractivity (Wildman–Crippen MR) is 91.8 cm³/mol. The van der Waals surface area contributed by atoms with E-state index in [1.54, 1.807) is 12.1 Å². The number of ether oxygens (including phenoxy) is 1. The van der Waals surface area contributed by atoms with Crippen LogP contribution in [0.1, 0.15) is 32.1 Å². The van der Waals surface area contributed by atoms with E-state index in [4.69, 9.17) is 22.1 Å². The number of amides is 1. The molecule has 4 nitrogen and oxygen atoms in total. The normalized spacial score (nSPS) is 16.5. The van der Waals surface area contributed by atoms with Gasteiger partial charge in [-0.3, -0.25) is 4.79 Å². The maximum Gasteiger partial charge on any atom is 0.258 e. The van der Waals surface area contributed by atoms with Gasteiger partial charge in [0.1, 0.15) is 5.75 Å². The minimum atomic E-state index is -0.143. The Bertz CT molecular complexity index is 465. The highest BCUT2D eigenvalue weighted by Crippen LogP contribution is 2.26. The Morgan fingerprint density at radius 1 is 1.32 bits per heavy atom. The number of rotatable bonds is 6. The van der Waals surface area contributed by atoms with Crippen molar-refractivity contribution >= 4 is 29.9 Å². The highest BCUT2D eigenvalue weighted by molar-refractivity contribution is 6.32. The number of hydrogen-bond donors (Lipinski definition) is 2. The number of halogens is 2. The Morgan fingerprint density at radius 2 is 2.00 bits per heavy atom. The van der Waals surface area contributed by atoms with Gasteiger partial charge in [0.05, 0.1) is 5.02 Å². The molecule has 1 aliphatic carbocycles. The van der Waals surface area contributed by atoms with Crippen LogP contribution in [0.2, 0.25) is 5.02 Å². The summed E-state index contributed by atoms with van der Waals surface area (Å²) in [5.74, 6) is 0.875. The van der Waals surface area contributed by atoms with E-state index in [2.05, 4.69) is 5.32 Å². The molecule has 1 aromatic rings. The molecule has 1 atom stereocenters. The molecule has 1 fully saturated rings. The molecule has 3 N–H and O–H groups in total. The lowest BCUT2D eigenvalue weighted by Crippen LogP contribution is -2.47. The quantitative estimate of drug-likeness (QED) is 0.831. The maximum atomic E-state index is 12.0. The molecule has 1 unspecified atom stereocenters. The molecular weight excluding hydrogens is 323 g/mol. The fraction of sp³-hybridized carbons (Fsp3) is 0.562. The van der Waals surface area contributed by atoms with Crippen molar-refractivity contribution in [3.8, 4) is 5.75 Å². The van der Waals surface area contributed by atoms with Gasteiger partial charge in [-0.25, -0.2) is 0 Å². The summed E-state index contributed by atoms with van der Waals surface area (Å²) in [6.45, 7) is 0.440. The van der Waals surface area contributed by atoms with Gasteiger partial charge in [0.25, 0.3) is 5.91 Å². The third kappa shape index (κ3) is 5.67. The van der Waals surface area contributed by atoms with Gasteiger partial charge in [-0.15, -0.1) is 12.4 Å². The zero-order valence-electron chi connectivity index (χ0n) is 12.6. The van der Waals surface area contributed by atoms with Crippen molar-refractivity contribution in [2.45, 2.75) is 38.1 Å². The van der Waals surface area contributed by atoms with Gasteiger partial charge in [-0.1, -0.05) is 43.0 Å². The number of hydrogen-bond acceptors (Lipinski definition) is 3. The highest BCUT2D eigenvalue weighted by Gasteiger charge is 2.24. The second-order valence-corrected chi connectivity index (χ2v) is 5.93.